The monoisotopic (exact) mass is 813 g/mol. The van der Waals surface area contributed by atoms with E-state index in [1.54, 1.807) is 19.2 Å². The first-order valence-corrected chi connectivity index (χ1v) is 18.8. The van der Waals surface area contributed by atoms with E-state index in [-0.39, 0.29) is 27.9 Å². The number of hydrazone groups is 1. The molecule has 0 aliphatic heterocycles. The van der Waals surface area contributed by atoms with Crippen LogP contribution in [0.5, 0.6) is 5.75 Å². The summed E-state index contributed by atoms with van der Waals surface area (Å²) >= 11 is 0.443. The van der Waals surface area contributed by atoms with Crippen LogP contribution in [0.4, 0.5) is 28.4 Å². The summed E-state index contributed by atoms with van der Waals surface area (Å²) in [7, 11) is -13.8. The van der Waals surface area contributed by atoms with E-state index in [1.807, 2.05) is 0 Å². The van der Waals surface area contributed by atoms with Gasteiger partial charge in [0.25, 0.3) is 30.4 Å². The third-order valence-corrected chi connectivity index (χ3v) is 9.62. The van der Waals surface area contributed by atoms with Crippen molar-refractivity contribution in [1.29, 1.82) is 0 Å². The zero-order chi connectivity index (χ0) is 39.1. The summed E-state index contributed by atoms with van der Waals surface area (Å²) in [5, 5.41) is 54.4. The minimum atomic E-state index is -5.33. The lowest BCUT2D eigenvalue weighted by atomic mass is 10.2. The lowest BCUT2D eigenvalue weighted by Crippen LogP contribution is -2.07. The zero-order valence-electron chi connectivity index (χ0n) is 26.2. The molecule has 53 heavy (non-hydrogen) atoms. The van der Waals surface area contributed by atoms with E-state index in [9.17, 15) is 53.9 Å². The van der Waals surface area contributed by atoms with Crippen molar-refractivity contribution in [2.75, 3.05) is 17.8 Å². The summed E-state index contributed by atoms with van der Waals surface area (Å²) in [5.74, 6) is -3.44. The lowest BCUT2D eigenvalue weighted by molar-refractivity contribution is -0.432. The number of hydrogen-bond acceptors (Lipinski definition) is 18. The highest BCUT2D eigenvalue weighted by molar-refractivity contribution is 7.94. The van der Waals surface area contributed by atoms with Gasteiger partial charge in [0, 0.05) is 23.2 Å². The summed E-state index contributed by atoms with van der Waals surface area (Å²) in [6.45, 7) is 0. The first-order valence-electron chi connectivity index (χ1n) is 13.7. The lowest BCUT2D eigenvalue weighted by Gasteiger charge is -2.10. The fourth-order valence-corrected chi connectivity index (χ4v) is 6.25. The highest BCUT2D eigenvalue weighted by Gasteiger charge is 2.25. The minimum absolute atomic E-state index is 0.151. The van der Waals surface area contributed by atoms with Crippen LogP contribution in [-0.2, 0) is 39.7 Å². The van der Waals surface area contributed by atoms with Gasteiger partial charge in [-0.25, -0.2) is 10.1 Å². The fourth-order valence-electron chi connectivity index (χ4n) is 4.02. The topological polar surface area (TPSA) is 345 Å². The van der Waals surface area contributed by atoms with Gasteiger partial charge in [0.1, 0.15) is 21.2 Å². The Bertz CT molecular complexity index is 2480. The van der Waals surface area contributed by atoms with Gasteiger partial charge >= 0.3 is 5.97 Å². The van der Waals surface area contributed by atoms with Crippen LogP contribution in [0.2, 0.25) is 0 Å². The van der Waals surface area contributed by atoms with Gasteiger partial charge in [0.15, 0.2) is 5.75 Å². The Labute approximate surface area is 302 Å². The molecule has 0 aliphatic carbocycles. The number of rotatable bonds is 14. The molecule has 0 aliphatic rings. The van der Waals surface area contributed by atoms with E-state index in [2.05, 4.69) is 45.7 Å². The smallest absolute Gasteiger partial charge is 0.337 e. The van der Waals surface area contributed by atoms with Crippen molar-refractivity contribution in [3.8, 4) is 5.75 Å². The number of aromatic hydroxyl groups is 1. The number of phenols is 1. The molecule has 0 bridgehead atoms. The highest BCUT2D eigenvalue weighted by atomic mass is 32.2. The van der Waals surface area contributed by atoms with Crippen molar-refractivity contribution in [1.82, 2.24) is 0 Å². The maximum absolute atomic E-state index is 12.2. The van der Waals surface area contributed by atoms with Crippen LogP contribution in [0.3, 0.4) is 0 Å². The van der Waals surface area contributed by atoms with Crippen LogP contribution in [0.1, 0.15) is 15.9 Å². The van der Waals surface area contributed by atoms with Gasteiger partial charge < -0.3 is 15.5 Å². The molecule has 0 fully saturated rings. The van der Waals surface area contributed by atoms with Crippen molar-refractivity contribution in [2.45, 2.75) is 19.6 Å². The number of aromatic carboxylic acids is 1. The Morgan fingerprint density at radius 1 is 0.774 bits per heavy atom. The van der Waals surface area contributed by atoms with Crippen LogP contribution >= 0.6 is 12.0 Å². The summed E-state index contributed by atoms with van der Waals surface area (Å²) in [6, 6.07) is 13.4. The van der Waals surface area contributed by atoms with Gasteiger partial charge in [-0.3, -0.25) is 19.1 Å². The van der Waals surface area contributed by atoms with E-state index in [0.717, 1.165) is 30.3 Å². The summed E-state index contributed by atoms with van der Waals surface area (Å²) < 4.78 is 105. The fraction of sp³-hybridized carbons (Fsp3) is 0.0370. The first-order chi connectivity index (χ1) is 24.8. The third-order valence-electron chi connectivity index (χ3n) is 6.45. The van der Waals surface area contributed by atoms with E-state index in [1.165, 1.54) is 18.2 Å². The molecule has 4 rings (SSSR count). The number of carboxylic acids is 1. The van der Waals surface area contributed by atoms with Gasteiger partial charge in [0.05, 0.1) is 33.9 Å². The largest absolute Gasteiger partial charge is 0.504 e. The average Bonchev–Trinajstić information content (AvgIpc) is 3.09. The molecule has 0 amide bonds. The van der Waals surface area contributed by atoms with E-state index < -0.39 is 79.5 Å². The maximum Gasteiger partial charge on any atom is 0.337 e. The predicted octanol–water partition coefficient (Wildman–Crippen LogP) is 5.27. The van der Waals surface area contributed by atoms with Crippen molar-refractivity contribution in [2.24, 2.45) is 25.6 Å². The molecular weight excluding hydrogens is 791 g/mol. The molecule has 0 saturated carbocycles. The number of anilines is 2. The molecule has 0 spiro atoms. The number of benzene rings is 4. The number of carbonyl (C=O) groups is 1. The average molecular weight is 814 g/mol. The van der Waals surface area contributed by atoms with Crippen LogP contribution in [0.25, 0.3) is 0 Å². The van der Waals surface area contributed by atoms with Gasteiger partial charge in [-0.2, -0.15) is 35.5 Å². The third kappa shape index (κ3) is 10.6. The van der Waals surface area contributed by atoms with E-state index in [0.29, 0.717) is 23.8 Å². The van der Waals surface area contributed by atoms with Crippen molar-refractivity contribution < 1.29 is 68.5 Å². The number of carboxylic acid groups (broad SMARTS) is 1. The van der Waals surface area contributed by atoms with Crippen LogP contribution in [-0.4, -0.2) is 73.2 Å². The molecule has 0 atom stereocenters. The second-order valence-corrected chi connectivity index (χ2v) is 14.9. The van der Waals surface area contributed by atoms with Crippen LogP contribution in [0, 0.1) is 0 Å². The molecule has 4 aromatic rings. The molecule has 0 saturated heterocycles. The Balaban J connectivity index is 1.95. The zero-order valence-corrected chi connectivity index (χ0v) is 29.4. The molecular formula is C27H23N7O15S4. The van der Waals surface area contributed by atoms with Crippen molar-refractivity contribution >= 4 is 82.6 Å². The molecule has 0 aromatic heterocycles. The molecule has 8 N–H and O–H groups in total. The summed E-state index contributed by atoms with van der Waals surface area (Å²) in [4.78, 5) is 8.79. The maximum atomic E-state index is 12.2. The van der Waals surface area contributed by atoms with Crippen LogP contribution in [0.15, 0.2) is 118 Å². The van der Waals surface area contributed by atoms with Gasteiger partial charge in [-0.05, 0) is 72.8 Å². The minimum Gasteiger partial charge on any atom is -0.504 e. The van der Waals surface area contributed by atoms with Crippen LogP contribution < -0.4 is 10.7 Å². The van der Waals surface area contributed by atoms with Gasteiger partial charge in [-0.1, -0.05) is 5.04 Å². The Kier molecular flexibility index (Phi) is 12.6. The summed E-state index contributed by atoms with van der Waals surface area (Å²) in [6.07, 6.45) is 0. The number of nitrogens with one attached hydrogen (secondary N) is 2. The molecule has 280 valence electrons. The molecule has 4 aromatic carbocycles. The van der Waals surface area contributed by atoms with Crippen molar-refractivity contribution in [3.63, 3.8) is 0 Å². The second-order valence-electron chi connectivity index (χ2n) is 9.88. The number of nitrogens with zero attached hydrogens (tertiary/aromatic N) is 5. The normalized spacial score (nSPS) is 12.7. The molecule has 0 unspecified atom stereocenters. The summed E-state index contributed by atoms with van der Waals surface area (Å²) in [5.41, 5.74) is 0.987. The molecule has 0 heterocycles. The molecule has 0 radical (unpaired) electrons. The standard InChI is InChI=1S/C27H23N7O15S4/c1-28-15-3-5-16(6-4-15)29-31-21-10-14(2-9-23(21)52(42,43)44)26(33-30-20-11-17(50-49-48-38)7-8-19(20)27(36)37)34-32-22-12-18(51(39,40)41)13-24(25(22)35)53(45,46)47/h2-13,28,30,35,38H,1H3,(H,36,37)(H,39,40,41)(H,42,43,44)(H,45,46,47). The molecule has 26 heteroatoms. The Morgan fingerprint density at radius 2 is 1.45 bits per heavy atom. The Hall–Kier alpha value is -5.42. The Morgan fingerprint density at radius 3 is 2.04 bits per heavy atom. The number of hydrogen-bond donors (Lipinski definition) is 8. The number of azo groups is 2. The van der Waals surface area contributed by atoms with Gasteiger partial charge in [-0.15, -0.1) is 19.7 Å². The second kappa shape index (κ2) is 16.5. The quantitative estimate of drug-likeness (QED) is 0.0153. The SMILES string of the molecule is CNc1ccc(N=Nc2cc(C(N=Nc3cc(S(=O)(=O)O)cc(S(=O)(=O)O)c3O)=NNc3cc(SOOO)ccc3C(=O)O)ccc2S(=O)(=O)O)cc1. The van der Waals surface area contributed by atoms with Gasteiger partial charge in [0.2, 0.25) is 5.84 Å². The number of phenolic OH excluding ortho intramolecular Hbond substituents is 1. The van der Waals surface area contributed by atoms with Crippen molar-refractivity contribution in [3.05, 3.63) is 83.9 Å². The predicted molar refractivity (Wildman–Crippen MR) is 183 cm³/mol. The van der Waals surface area contributed by atoms with E-state index in [4.69, 9.17) is 5.26 Å². The first kappa shape index (κ1) is 40.4. The molecule has 22 nitrogen and oxygen atoms in total. The van der Waals surface area contributed by atoms with E-state index >= 15 is 0 Å². The highest BCUT2D eigenvalue weighted by Crippen LogP contribution is 2.37. The number of amidine groups is 1.